The number of rotatable bonds is 9. The van der Waals surface area contributed by atoms with Gasteiger partial charge >= 0.3 is 5.97 Å². The molecule has 0 unspecified atom stereocenters. The van der Waals surface area contributed by atoms with Gasteiger partial charge in [0.25, 0.3) is 17.4 Å². The molecule has 33 heavy (non-hydrogen) atoms. The zero-order valence-corrected chi connectivity index (χ0v) is 17.4. The number of ketones is 1. The van der Waals surface area contributed by atoms with E-state index in [4.69, 9.17) is 5.11 Å². The maximum Gasteiger partial charge on any atom is 0.303 e. The number of nitro groups is 1. The van der Waals surface area contributed by atoms with Gasteiger partial charge in [-0.15, -0.1) is 0 Å². The Hall–Kier alpha value is -4.08. The van der Waals surface area contributed by atoms with Crippen molar-refractivity contribution in [2.24, 2.45) is 0 Å². The second kappa shape index (κ2) is 10.0. The molecule has 10 heteroatoms. The number of aliphatic carboxylic acids is 1. The van der Waals surface area contributed by atoms with Gasteiger partial charge in [0, 0.05) is 30.7 Å². The Morgan fingerprint density at radius 3 is 2.36 bits per heavy atom. The highest BCUT2D eigenvalue weighted by atomic mass is 19.1. The van der Waals surface area contributed by atoms with Gasteiger partial charge < -0.3 is 15.1 Å². The Bertz CT molecular complexity index is 1130. The summed E-state index contributed by atoms with van der Waals surface area (Å²) >= 11 is 0. The molecule has 2 aromatic rings. The number of non-ortho nitro benzene ring substituents is 1. The van der Waals surface area contributed by atoms with Crippen molar-refractivity contribution in [3.63, 3.8) is 0 Å². The summed E-state index contributed by atoms with van der Waals surface area (Å²) in [5.41, 5.74) is -0.0790. The molecule has 0 bridgehead atoms. The highest BCUT2D eigenvalue weighted by molar-refractivity contribution is 6.46. The van der Waals surface area contributed by atoms with Crippen LogP contribution in [0.2, 0.25) is 0 Å². The normalized spacial score (nSPS) is 17.4. The molecule has 2 N–H and O–H groups in total. The molecule has 9 nitrogen and oxygen atoms in total. The van der Waals surface area contributed by atoms with E-state index in [2.05, 4.69) is 0 Å². The first-order valence-corrected chi connectivity index (χ1v) is 10.2. The number of benzene rings is 2. The molecule has 0 saturated carbocycles. The number of carboxylic acids is 1. The van der Waals surface area contributed by atoms with Crippen LogP contribution in [0.5, 0.6) is 0 Å². The number of likely N-dealkylation sites (tertiary alicyclic amines) is 1. The summed E-state index contributed by atoms with van der Waals surface area (Å²) in [6.07, 6.45) is 1.27. The lowest BCUT2D eigenvalue weighted by atomic mass is 9.95. The van der Waals surface area contributed by atoms with Gasteiger partial charge in [-0.25, -0.2) is 4.39 Å². The Balaban J connectivity index is 1.99. The van der Waals surface area contributed by atoms with Crippen LogP contribution in [0.25, 0.3) is 5.76 Å². The van der Waals surface area contributed by atoms with Gasteiger partial charge in [0.15, 0.2) is 0 Å². The fraction of sp³-hybridized carbons (Fsp3) is 0.261. The van der Waals surface area contributed by atoms with E-state index in [0.29, 0.717) is 19.3 Å². The number of halogens is 1. The number of aliphatic hydroxyl groups excluding tert-OH is 1. The molecule has 1 aliphatic heterocycles. The first-order chi connectivity index (χ1) is 15.7. The van der Waals surface area contributed by atoms with Gasteiger partial charge in [-0.2, -0.15) is 0 Å². The number of hydrogen-bond donors (Lipinski definition) is 2. The first kappa shape index (κ1) is 23.6. The lowest BCUT2D eigenvalue weighted by molar-refractivity contribution is -0.384. The van der Waals surface area contributed by atoms with E-state index in [0.717, 1.165) is 18.2 Å². The fourth-order valence-corrected chi connectivity index (χ4v) is 3.77. The average Bonchev–Trinajstić information content (AvgIpc) is 3.03. The Kier molecular flexibility index (Phi) is 7.17. The van der Waals surface area contributed by atoms with Crippen molar-refractivity contribution >= 4 is 29.1 Å². The van der Waals surface area contributed by atoms with Gasteiger partial charge in [0.2, 0.25) is 0 Å². The maximum absolute atomic E-state index is 14.0. The lowest BCUT2D eigenvalue weighted by Gasteiger charge is -2.25. The topological polar surface area (TPSA) is 138 Å². The number of carbonyl (C=O) groups is 3. The summed E-state index contributed by atoms with van der Waals surface area (Å²) in [4.78, 5) is 47.8. The van der Waals surface area contributed by atoms with E-state index in [1.54, 1.807) is 0 Å². The molecule has 0 radical (unpaired) electrons. The van der Waals surface area contributed by atoms with E-state index in [9.17, 15) is 34.0 Å². The van der Waals surface area contributed by atoms with E-state index < -0.39 is 40.2 Å². The van der Waals surface area contributed by atoms with Crippen molar-refractivity contribution < 1.29 is 33.9 Å². The molecule has 0 aliphatic carbocycles. The number of carbonyl (C=O) groups excluding carboxylic acids is 2. The van der Waals surface area contributed by atoms with E-state index >= 15 is 0 Å². The van der Waals surface area contributed by atoms with Crippen LogP contribution in [0.3, 0.4) is 0 Å². The maximum atomic E-state index is 14.0. The van der Waals surface area contributed by atoms with Crippen LogP contribution < -0.4 is 0 Å². The summed E-state index contributed by atoms with van der Waals surface area (Å²) in [6.45, 7) is 0.0996. The number of carboxylic acid groups (broad SMARTS) is 1. The van der Waals surface area contributed by atoms with Crippen molar-refractivity contribution in [1.29, 1.82) is 0 Å². The predicted molar refractivity (Wildman–Crippen MR) is 115 cm³/mol. The molecule has 1 amide bonds. The van der Waals surface area contributed by atoms with Crippen LogP contribution in [0.1, 0.15) is 42.9 Å². The molecule has 1 aliphatic rings. The van der Waals surface area contributed by atoms with Gasteiger partial charge in [-0.1, -0.05) is 18.6 Å². The van der Waals surface area contributed by atoms with Crippen molar-refractivity contribution in [2.75, 3.05) is 6.54 Å². The van der Waals surface area contributed by atoms with E-state index in [-0.39, 0.29) is 35.4 Å². The fourth-order valence-electron chi connectivity index (χ4n) is 3.77. The number of hydrogen-bond acceptors (Lipinski definition) is 6. The first-order valence-electron chi connectivity index (χ1n) is 10.2. The number of unbranched alkanes of at least 4 members (excludes halogenated alkanes) is 2. The number of nitrogens with zero attached hydrogens (tertiary/aromatic N) is 2. The summed E-state index contributed by atoms with van der Waals surface area (Å²) in [5, 5.41) is 30.5. The number of nitro benzene ring substituents is 1. The van der Waals surface area contributed by atoms with Crippen molar-refractivity contribution in [3.8, 4) is 0 Å². The van der Waals surface area contributed by atoms with E-state index in [1.165, 1.54) is 35.2 Å². The number of aliphatic hydroxyl groups is 1. The smallest absolute Gasteiger partial charge is 0.303 e. The third kappa shape index (κ3) is 5.22. The zero-order chi connectivity index (χ0) is 24.1. The largest absolute Gasteiger partial charge is 0.507 e. The molecule has 0 aromatic heterocycles. The molecule has 172 valence electrons. The van der Waals surface area contributed by atoms with Crippen LogP contribution in [-0.4, -0.2) is 44.2 Å². The second-order valence-corrected chi connectivity index (χ2v) is 7.56. The van der Waals surface area contributed by atoms with Crippen LogP contribution in [-0.2, 0) is 14.4 Å². The van der Waals surface area contributed by atoms with E-state index in [1.807, 2.05) is 0 Å². The molecule has 1 fully saturated rings. The standard InChI is InChI=1S/C23H21FN2O7/c24-16-6-4-5-15(13-16)20-19(21(29)14-8-10-17(11-9-14)26(32)33)22(30)23(31)25(20)12-3-1-2-7-18(27)28/h4-6,8-11,13,20,29H,1-3,7,12H2,(H,27,28)/t20-/m1/s1. The van der Waals surface area contributed by atoms with Gasteiger partial charge in [-0.05, 0) is 42.7 Å². The second-order valence-electron chi connectivity index (χ2n) is 7.56. The van der Waals surface area contributed by atoms with Crippen molar-refractivity contribution in [1.82, 2.24) is 4.90 Å². The van der Waals surface area contributed by atoms with Crippen LogP contribution in [0, 0.1) is 15.9 Å². The van der Waals surface area contributed by atoms with Crippen molar-refractivity contribution in [3.05, 3.63) is 81.2 Å². The van der Waals surface area contributed by atoms with Gasteiger partial charge in [0.1, 0.15) is 11.6 Å². The molecule has 2 aromatic carbocycles. The minimum atomic E-state index is -1.06. The highest BCUT2D eigenvalue weighted by Crippen LogP contribution is 2.39. The summed E-state index contributed by atoms with van der Waals surface area (Å²) in [5.74, 6) is -3.87. The molecule has 1 heterocycles. The van der Waals surface area contributed by atoms with Crippen molar-refractivity contribution in [2.45, 2.75) is 31.7 Å². The zero-order valence-electron chi connectivity index (χ0n) is 17.4. The quantitative estimate of drug-likeness (QED) is 0.146. The summed E-state index contributed by atoms with van der Waals surface area (Å²) < 4.78 is 14.0. The highest BCUT2D eigenvalue weighted by Gasteiger charge is 2.45. The molecule has 1 atom stereocenters. The molecule has 3 rings (SSSR count). The molecule has 1 saturated heterocycles. The van der Waals surface area contributed by atoms with Crippen LogP contribution >= 0.6 is 0 Å². The minimum absolute atomic E-state index is 0.0215. The van der Waals surface area contributed by atoms with Crippen LogP contribution in [0.4, 0.5) is 10.1 Å². The van der Waals surface area contributed by atoms with Gasteiger partial charge in [0.05, 0.1) is 16.5 Å². The lowest BCUT2D eigenvalue weighted by Crippen LogP contribution is -2.30. The average molecular weight is 456 g/mol. The summed E-state index contributed by atoms with van der Waals surface area (Å²) in [6, 6.07) is 9.09. The molecular weight excluding hydrogens is 435 g/mol. The third-order valence-electron chi connectivity index (χ3n) is 5.35. The monoisotopic (exact) mass is 456 g/mol. The molecular formula is C23H21FN2O7. The Labute approximate surface area is 187 Å². The third-order valence-corrected chi connectivity index (χ3v) is 5.35. The summed E-state index contributed by atoms with van der Waals surface area (Å²) in [7, 11) is 0. The SMILES string of the molecule is O=C(O)CCCCCN1C(=O)C(=O)C(=C(O)c2ccc([N+](=O)[O-])cc2)[C@H]1c1cccc(F)c1. The Morgan fingerprint density at radius 1 is 1.06 bits per heavy atom. The predicted octanol–water partition coefficient (Wildman–Crippen LogP) is 3.80. The van der Waals surface area contributed by atoms with Crippen LogP contribution in [0.15, 0.2) is 54.1 Å². The van der Waals surface area contributed by atoms with Gasteiger partial charge in [-0.3, -0.25) is 24.5 Å². The Morgan fingerprint density at radius 2 is 1.76 bits per heavy atom. The number of Topliss-reactive ketones (excluding diaryl/α,β-unsaturated/α-hetero) is 1. The minimum Gasteiger partial charge on any atom is -0.507 e. The molecule has 0 spiro atoms. The number of amides is 1.